The second-order valence-corrected chi connectivity index (χ2v) is 6.05. The Labute approximate surface area is 143 Å². The quantitative estimate of drug-likeness (QED) is 0.756. The summed E-state index contributed by atoms with van der Waals surface area (Å²) in [5, 5.41) is 12.1. The van der Waals surface area contributed by atoms with Crippen molar-refractivity contribution in [3.05, 3.63) is 40.9 Å². The molecule has 0 aliphatic rings. The lowest BCUT2D eigenvalue weighted by atomic mass is 10.2. The number of halogens is 1. The maximum absolute atomic E-state index is 6.30. The van der Waals surface area contributed by atoms with E-state index in [0.29, 0.717) is 11.6 Å². The summed E-state index contributed by atoms with van der Waals surface area (Å²) in [6.45, 7) is 8.62. The number of hydrogen-bond acceptors (Lipinski definition) is 4. The van der Waals surface area contributed by atoms with E-state index in [2.05, 4.69) is 33.9 Å². The zero-order valence-electron chi connectivity index (χ0n) is 14.1. The molecule has 0 amide bonds. The Bertz CT molecular complexity index is 614. The van der Waals surface area contributed by atoms with E-state index in [0.717, 1.165) is 43.1 Å². The molecular formula is C17H25ClN4O. The van der Waals surface area contributed by atoms with Crippen molar-refractivity contribution in [1.82, 2.24) is 20.1 Å². The molecule has 5 nitrogen and oxygen atoms in total. The number of nitrogens with one attached hydrogen (secondary N) is 1. The van der Waals surface area contributed by atoms with Crippen LogP contribution in [0.25, 0.3) is 0 Å². The minimum absolute atomic E-state index is 0.168. The average Bonchev–Trinajstić information content (AvgIpc) is 2.97. The van der Waals surface area contributed by atoms with Crippen molar-refractivity contribution < 1.29 is 4.74 Å². The molecule has 0 aliphatic heterocycles. The first-order chi connectivity index (χ1) is 11.1. The highest BCUT2D eigenvalue weighted by atomic mass is 35.5. The first-order valence-corrected chi connectivity index (χ1v) is 8.54. The highest BCUT2D eigenvalue weighted by Gasteiger charge is 2.07. The van der Waals surface area contributed by atoms with Gasteiger partial charge < -0.3 is 14.6 Å². The van der Waals surface area contributed by atoms with Gasteiger partial charge in [0.1, 0.15) is 17.9 Å². The molecule has 0 saturated heterocycles. The Morgan fingerprint density at radius 3 is 2.83 bits per heavy atom. The molecule has 0 radical (unpaired) electrons. The Morgan fingerprint density at radius 2 is 2.13 bits per heavy atom. The van der Waals surface area contributed by atoms with Crippen molar-refractivity contribution in [2.45, 2.75) is 59.4 Å². The van der Waals surface area contributed by atoms with Crippen molar-refractivity contribution in [3.8, 4) is 5.75 Å². The summed E-state index contributed by atoms with van der Waals surface area (Å²) in [6.07, 6.45) is 3.97. The molecule has 1 N–H and O–H groups in total. The number of rotatable bonds is 9. The maximum Gasteiger partial charge on any atom is 0.146 e. The van der Waals surface area contributed by atoms with Gasteiger partial charge in [-0.3, -0.25) is 0 Å². The maximum atomic E-state index is 6.30. The molecule has 0 fully saturated rings. The summed E-state index contributed by atoms with van der Waals surface area (Å²) in [5.41, 5.74) is 1.12. The zero-order valence-corrected chi connectivity index (χ0v) is 14.8. The molecule has 0 spiro atoms. The second kappa shape index (κ2) is 8.89. The number of hydrogen-bond donors (Lipinski definition) is 1. The molecule has 23 heavy (non-hydrogen) atoms. The standard InChI is InChI=1S/C17H25ClN4O/c1-4-8-22-12-20-21-17(22)11-19-10-14-6-7-16(15(18)9-14)23-13(3)5-2/h6-7,9,12-13,19H,4-5,8,10-11H2,1-3H3. The van der Waals surface area contributed by atoms with Crippen molar-refractivity contribution >= 4 is 11.6 Å². The SMILES string of the molecule is CCCn1cnnc1CNCc1ccc(OC(C)CC)c(Cl)c1. The first kappa shape index (κ1) is 17.8. The number of aromatic nitrogens is 3. The highest BCUT2D eigenvalue weighted by molar-refractivity contribution is 6.32. The van der Waals surface area contributed by atoms with E-state index in [9.17, 15) is 0 Å². The van der Waals surface area contributed by atoms with E-state index in [4.69, 9.17) is 16.3 Å². The first-order valence-electron chi connectivity index (χ1n) is 8.16. The van der Waals surface area contributed by atoms with Gasteiger partial charge in [0.05, 0.1) is 17.7 Å². The van der Waals surface area contributed by atoms with Gasteiger partial charge in [0, 0.05) is 13.1 Å². The van der Waals surface area contributed by atoms with Crippen LogP contribution in [0.5, 0.6) is 5.75 Å². The van der Waals surface area contributed by atoms with Gasteiger partial charge in [-0.15, -0.1) is 10.2 Å². The Kier molecular flexibility index (Phi) is 6.86. The van der Waals surface area contributed by atoms with Crippen LogP contribution < -0.4 is 10.1 Å². The fraction of sp³-hybridized carbons (Fsp3) is 0.529. The van der Waals surface area contributed by atoms with Gasteiger partial charge in [0.15, 0.2) is 0 Å². The summed E-state index contributed by atoms with van der Waals surface area (Å²) < 4.78 is 7.85. The Hall–Kier alpha value is -1.59. The van der Waals surface area contributed by atoms with Gasteiger partial charge in [-0.05, 0) is 37.5 Å². The van der Waals surface area contributed by atoms with Gasteiger partial charge in [0.2, 0.25) is 0 Å². The fourth-order valence-corrected chi connectivity index (χ4v) is 2.46. The van der Waals surface area contributed by atoms with Gasteiger partial charge in [-0.1, -0.05) is 31.5 Å². The summed E-state index contributed by atoms with van der Waals surface area (Å²) in [5.74, 6) is 1.70. The largest absolute Gasteiger partial charge is 0.489 e. The third kappa shape index (κ3) is 5.22. The van der Waals surface area contributed by atoms with E-state index < -0.39 is 0 Å². The van der Waals surface area contributed by atoms with Gasteiger partial charge in [-0.25, -0.2) is 0 Å². The van der Waals surface area contributed by atoms with E-state index in [-0.39, 0.29) is 6.10 Å². The van der Waals surface area contributed by atoms with E-state index >= 15 is 0 Å². The molecule has 1 heterocycles. The molecule has 2 aromatic rings. The number of nitrogens with zero attached hydrogens (tertiary/aromatic N) is 3. The zero-order chi connectivity index (χ0) is 16.7. The van der Waals surface area contributed by atoms with Crippen LogP contribution in [0, 0.1) is 0 Å². The minimum Gasteiger partial charge on any atom is -0.489 e. The van der Waals surface area contributed by atoms with Crippen LogP contribution in [0.1, 0.15) is 45.0 Å². The van der Waals surface area contributed by atoms with Gasteiger partial charge >= 0.3 is 0 Å². The van der Waals surface area contributed by atoms with Crippen LogP contribution in [-0.2, 0) is 19.6 Å². The monoisotopic (exact) mass is 336 g/mol. The minimum atomic E-state index is 0.168. The summed E-state index contributed by atoms with van der Waals surface area (Å²) in [4.78, 5) is 0. The summed E-state index contributed by atoms with van der Waals surface area (Å²) in [6, 6.07) is 5.92. The Morgan fingerprint density at radius 1 is 1.30 bits per heavy atom. The topological polar surface area (TPSA) is 52.0 Å². The molecule has 0 aliphatic carbocycles. The molecule has 0 saturated carbocycles. The Balaban J connectivity index is 1.88. The average molecular weight is 337 g/mol. The van der Waals surface area contributed by atoms with Crippen molar-refractivity contribution in [2.75, 3.05) is 0 Å². The normalized spacial score (nSPS) is 12.3. The van der Waals surface area contributed by atoms with Crippen LogP contribution in [-0.4, -0.2) is 20.9 Å². The smallest absolute Gasteiger partial charge is 0.146 e. The summed E-state index contributed by atoms with van der Waals surface area (Å²) in [7, 11) is 0. The van der Waals surface area contributed by atoms with Crippen LogP contribution in [0.3, 0.4) is 0 Å². The number of aryl methyl sites for hydroxylation is 1. The van der Waals surface area contributed by atoms with Crippen molar-refractivity contribution in [2.24, 2.45) is 0 Å². The van der Waals surface area contributed by atoms with E-state index in [1.165, 1.54) is 0 Å². The van der Waals surface area contributed by atoms with E-state index in [1.807, 2.05) is 25.1 Å². The van der Waals surface area contributed by atoms with Crippen LogP contribution in [0.15, 0.2) is 24.5 Å². The number of benzene rings is 1. The lowest BCUT2D eigenvalue weighted by Crippen LogP contribution is -2.17. The molecule has 1 unspecified atom stereocenters. The summed E-state index contributed by atoms with van der Waals surface area (Å²) >= 11 is 6.30. The van der Waals surface area contributed by atoms with Gasteiger partial charge in [0.25, 0.3) is 0 Å². The lowest BCUT2D eigenvalue weighted by molar-refractivity contribution is 0.217. The molecule has 2 rings (SSSR count). The van der Waals surface area contributed by atoms with E-state index in [1.54, 1.807) is 6.33 Å². The van der Waals surface area contributed by atoms with Crippen molar-refractivity contribution in [3.63, 3.8) is 0 Å². The molecule has 1 aromatic heterocycles. The van der Waals surface area contributed by atoms with Crippen molar-refractivity contribution in [1.29, 1.82) is 0 Å². The van der Waals surface area contributed by atoms with Gasteiger partial charge in [-0.2, -0.15) is 0 Å². The highest BCUT2D eigenvalue weighted by Crippen LogP contribution is 2.26. The van der Waals surface area contributed by atoms with Crippen LogP contribution >= 0.6 is 11.6 Å². The lowest BCUT2D eigenvalue weighted by Gasteiger charge is -2.14. The molecule has 0 bridgehead atoms. The molecule has 1 atom stereocenters. The molecule has 1 aromatic carbocycles. The third-order valence-corrected chi connectivity index (χ3v) is 3.97. The number of ether oxygens (including phenoxy) is 1. The second-order valence-electron chi connectivity index (χ2n) is 5.65. The van der Waals surface area contributed by atoms with Crippen LogP contribution in [0.2, 0.25) is 5.02 Å². The molecular weight excluding hydrogens is 312 g/mol. The molecule has 126 valence electrons. The molecule has 6 heteroatoms. The predicted octanol–water partition coefficient (Wildman–Crippen LogP) is 3.81. The third-order valence-electron chi connectivity index (χ3n) is 3.67. The van der Waals surface area contributed by atoms with Crippen LogP contribution in [0.4, 0.5) is 0 Å². The fourth-order valence-electron chi connectivity index (χ4n) is 2.21. The predicted molar refractivity (Wildman–Crippen MR) is 92.7 cm³/mol.